The van der Waals surface area contributed by atoms with Crippen molar-refractivity contribution in [3.63, 3.8) is 0 Å². The van der Waals surface area contributed by atoms with Gasteiger partial charge in [-0.1, -0.05) is 6.92 Å². The standard InChI is InChI=1S/C14H32N4O/c1-4-14(19)16-9-6-12-18(11-5-8-15)13-7-10-17(2)3/h4-13,15H2,1-3H3,(H,16,19). The van der Waals surface area contributed by atoms with E-state index in [-0.39, 0.29) is 5.91 Å². The van der Waals surface area contributed by atoms with E-state index in [1.54, 1.807) is 0 Å². The molecule has 0 radical (unpaired) electrons. The van der Waals surface area contributed by atoms with E-state index in [0.29, 0.717) is 6.42 Å². The molecule has 0 fully saturated rings. The fourth-order valence-electron chi connectivity index (χ4n) is 1.92. The second-order valence-electron chi connectivity index (χ2n) is 5.20. The molecule has 0 bridgehead atoms. The van der Waals surface area contributed by atoms with Crippen molar-refractivity contribution in [1.29, 1.82) is 0 Å². The Bertz CT molecular complexity index is 221. The van der Waals surface area contributed by atoms with Crippen LogP contribution in [0.5, 0.6) is 0 Å². The van der Waals surface area contributed by atoms with Crippen LogP contribution in [0.4, 0.5) is 0 Å². The third kappa shape index (κ3) is 12.1. The summed E-state index contributed by atoms with van der Waals surface area (Å²) in [5.74, 6) is 0.140. The molecule has 0 aliphatic rings. The van der Waals surface area contributed by atoms with Gasteiger partial charge in [-0.15, -0.1) is 0 Å². The van der Waals surface area contributed by atoms with Gasteiger partial charge in [-0.3, -0.25) is 4.79 Å². The maximum Gasteiger partial charge on any atom is 0.219 e. The van der Waals surface area contributed by atoms with Crippen molar-refractivity contribution in [2.45, 2.75) is 32.6 Å². The van der Waals surface area contributed by atoms with E-state index in [1.165, 1.54) is 6.42 Å². The van der Waals surface area contributed by atoms with E-state index in [4.69, 9.17) is 5.73 Å². The minimum Gasteiger partial charge on any atom is -0.356 e. The van der Waals surface area contributed by atoms with Crippen LogP contribution < -0.4 is 11.1 Å². The second kappa shape index (κ2) is 12.4. The summed E-state index contributed by atoms with van der Waals surface area (Å²) in [6.07, 6.45) is 3.81. The van der Waals surface area contributed by atoms with Crippen LogP contribution in [0.2, 0.25) is 0 Å². The Morgan fingerprint density at radius 2 is 1.68 bits per heavy atom. The fourth-order valence-corrected chi connectivity index (χ4v) is 1.92. The molecule has 3 N–H and O–H groups in total. The fraction of sp³-hybridized carbons (Fsp3) is 0.929. The van der Waals surface area contributed by atoms with Gasteiger partial charge < -0.3 is 20.9 Å². The molecule has 0 aromatic carbocycles. The van der Waals surface area contributed by atoms with Crippen LogP contribution >= 0.6 is 0 Å². The normalized spacial score (nSPS) is 11.3. The van der Waals surface area contributed by atoms with Gasteiger partial charge in [0.1, 0.15) is 0 Å². The maximum absolute atomic E-state index is 11.1. The molecular weight excluding hydrogens is 240 g/mol. The van der Waals surface area contributed by atoms with Gasteiger partial charge in [-0.25, -0.2) is 0 Å². The molecule has 114 valence electrons. The van der Waals surface area contributed by atoms with Crippen LogP contribution in [-0.4, -0.2) is 69.1 Å². The largest absolute Gasteiger partial charge is 0.356 e. The van der Waals surface area contributed by atoms with E-state index in [1.807, 2.05) is 6.92 Å². The molecule has 1 amide bonds. The third-order valence-electron chi connectivity index (χ3n) is 3.05. The maximum atomic E-state index is 11.1. The predicted octanol–water partition coefficient (Wildman–Crippen LogP) is 0.505. The van der Waals surface area contributed by atoms with Crippen LogP contribution in [0, 0.1) is 0 Å². The smallest absolute Gasteiger partial charge is 0.219 e. The zero-order valence-corrected chi connectivity index (χ0v) is 13.0. The minimum absolute atomic E-state index is 0.140. The summed E-state index contributed by atoms with van der Waals surface area (Å²) in [6, 6.07) is 0. The Morgan fingerprint density at radius 3 is 2.26 bits per heavy atom. The summed E-state index contributed by atoms with van der Waals surface area (Å²) in [5, 5.41) is 2.92. The molecule has 0 unspecified atom stereocenters. The number of nitrogens with two attached hydrogens (primary N) is 1. The zero-order valence-electron chi connectivity index (χ0n) is 13.0. The Balaban J connectivity index is 3.75. The molecule has 5 heteroatoms. The lowest BCUT2D eigenvalue weighted by Crippen LogP contribution is -2.33. The Morgan fingerprint density at radius 1 is 1.05 bits per heavy atom. The third-order valence-corrected chi connectivity index (χ3v) is 3.05. The first-order chi connectivity index (χ1) is 9.10. The van der Waals surface area contributed by atoms with E-state index in [9.17, 15) is 4.79 Å². The van der Waals surface area contributed by atoms with Crippen molar-refractivity contribution in [3.05, 3.63) is 0 Å². The molecule has 0 atom stereocenters. The van der Waals surface area contributed by atoms with E-state index < -0.39 is 0 Å². The molecule has 0 rings (SSSR count). The highest BCUT2D eigenvalue weighted by molar-refractivity contribution is 5.75. The number of nitrogens with one attached hydrogen (secondary N) is 1. The summed E-state index contributed by atoms with van der Waals surface area (Å²) in [7, 11) is 4.20. The van der Waals surface area contributed by atoms with Crippen molar-refractivity contribution in [2.75, 3.05) is 53.4 Å². The van der Waals surface area contributed by atoms with Crippen LogP contribution in [0.1, 0.15) is 32.6 Å². The van der Waals surface area contributed by atoms with Crippen molar-refractivity contribution >= 4 is 5.91 Å². The topological polar surface area (TPSA) is 61.6 Å². The van der Waals surface area contributed by atoms with Crippen molar-refractivity contribution in [2.24, 2.45) is 5.73 Å². The molecule has 0 aromatic heterocycles. The number of carbonyl (C=O) groups excluding carboxylic acids is 1. The molecular formula is C14H32N4O. The highest BCUT2D eigenvalue weighted by Crippen LogP contribution is 1.97. The summed E-state index contributed by atoms with van der Waals surface area (Å²) in [5.41, 5.74) is 5.57. The molecule has 0 saturated heterocycles. The van der Waals surface area contributed by atoms with E-state index in [0.717, 1.165) is 52.1 Å². The highest BCUT2D eigenvalue weighted by Gasteiger charge is 2.05. The van der Waals surface area contributed by atoms with E-state index in [2.05, 4.69) is 29.2 Å². The molecule has 0 aliphatic heterocycles. The lowest BCUT2D eigenvalue weighted by molar-refractivity contribution is -0.120. The van der Waals surface area contributed by atoms with Gasteiger partial charge in [0, 0.05) is 13.0 Å². The van der Waals surface area contributed by atoms with Gasteiger partial charge in [0.2, 0.25) is 5.91 Å². The van der Waals surface area contributed by atoms with Crippen LogP contribution in [0.15, 0.2) is 0 Å². The minimum atomic E-state index is 0.140. The molecule has 0 aromatic rings. The highest BCUT2D eigenvalue weighted by atomic mass is 16.1. The Hall–Kier alpha value is -0.650. The van der Waals surface area contributed by atoms with Crippen molar-refractivity contribution in [1.82, 2.24) is 15.1 Å². The predicted molar refractivity (Wildman–Crippen MR) is 81.2 cm³/mol. The number of rotatable bonds is 12. The summed E-state index contributed by atoms with van der Waals surface area (Å²) < 4.78 is 0. The van der Waals surface area contributed by atoms with Gasteiger partial charge in [0.15, 0.2) is 0 Å². The summed E-state index contributed by atoms with van der Waals surface area (Å²) in [6.45, 7) is 7.73. The van der Waals surface area contributed by atoms with Gasteiger partial charge >= 0.3 is 0 Å². The first-order valence-corrected chi connectivity index (χ1v) is 7.44. The van der Waals surface area contributed by atoms with Crippen molar-refractivity contribution in [3.8, 4) is 0 Å². The first kappa shape index (κ1) is 18.4. The SMILES string of the molecule is CCC(=O)NCCCN(CCCN)CCCN(C)C. The Kier molecular flexibility index (Phi) is 12.0. The van der Waals surface area contributed by atoms with Crippen molar-refractivity contribution < 1.29 is 4.79 Å². The number of nitrogens with zero attached hydrogens (tertiary/aromatic N) is 2. The van der Waals surface area contributed by atoms with Gasteiger partial charge in [0.05, 0.1) is 0 Å². The molecule has 0 heterocycles. The zero-order chi connectivity index (χ0) is 14.5. The first-order valence-electron chi connectivity index (χ1n) is 7.44. The molecule has 19 heavy (non-hydrogen) atoms. The lowest BCUT2D eigenvalue weighted by atomic mass is 10.3. The Labute approximate surface area is 118 Å². The molecule has 0 aliphatic carbocycles. The monoisotopic (exact) mass is 272 g/mol. The molecule has 5 nitrogen and oxygen atoms in total. The van der Waals surface area contributed by atoms with Gasteiger partial charge in [-0.2, -0.15) is 0 Å². The van der Waals surface area contributed by atoms with E-state index >= 15 is 0 Å². The number of carbonyl (C=O) groups is 1. The second-order valence-corrected chi connectivity index (χ2v) is 5.20. The molecule has 0 saturated carbocycles. The number of hydrogen-bond acceptors (Lipinski definition) is 4. The van der Waals surface area contributed by atoms with Crippen LogP contribution in [0.3, 0.4) is 0 Å². The average Bonchev–Trinajstić information content (AvgIpc) is 2.39. The van der Waals surface area contributed by atoms with Crippen LogP contribution in [-0.2, 0) is 4.79 Å². The molecule has 0 spiro atoms. The quantitative estimate of drug-likeness (QED) is 0.508. The average molecular weight is 272 g/mol. The lowest BCUT2D eigenvalue weighted by Gasteiger charge is -2.23. The summed E-state index contributed by atoms with van der Waals surface area (Å²) >= 11 is 0. The van der Waals surface area contributed by atoms with Crippen LogP contribution in [0.25, 0.3) is 0 Å². The number of amides is 1. The van der Waals surface area contributed by atoms with Gasteiger partial charge in [0.25, 0.3) is 0 Å². The number of hydrogen-bond donors (Lipinski definition) is 2. The summed E-state index contributed by atoms with van der Waals surface area (Å²) in [4.78, 5) is 15.8. The van der Waals surface area contributed by atoms with Gasteiger partial charge in [-0.05, 0) is 66.1 Å².